The van der Waals surface area contributed by atoms with Crippen LogP contribution in [0.1, 0.15) is 38.1 Å². The van der Waals surface area contributed by atoms with E-state index in [9.17, 15) is 18.0 Å². The molecule has 3 heterocycles. The number of halogens is 3. The fraction of sp³-hybridized carbons (Fsp3) is 0.471. The summed E-state index contributed by atoms with van der Waals surface area (Å²) in [6.07, 6.45) is 4.76. The van der Waals surface area contributed by atoms with Gasteiger partial charge in [-0.1, -0.05) is 5.21 Å². The lowest BCUT2D eigenvalue weighted by molar-refractivity contribution is -0.156. The van der Waals surface area contributed by atoms with Crippen molar-refractivity contribution in [1.82, 2.24) is 20.3 Å². The number of nitrogens with one attached hydrogen (secondary N) is 1. The zero-order chi connectivity index (χ0) is 18.3. The summed E-state index contributed by atoms with van der Waals surface area (Å²) in [6, 6.07) is 1.71. The minimum atomic E-state index is -1.51. The number of ether oxygens (including phenoxy) is 1. The number of benzene rings is 1. The van der Waals surface area contributed by atoms with Crippen molar-refractivity contribution in [2.24, 2.45) is 0 Å². The van der Waals surface area contributed by atoms with Gasteiger partial charge in [0.1, 0.15) is 11.4 Å². The molecule has 0 aliphatic carbocycles. The standard InChI is InChI=1S/C17H17F3N4O2/c18-12-6-10(7-13(19)16(12)20)14-9-24(23-22-14)11-3-5-26-17(8-11)4-1-2-15(25)21-17/h6-7,9,11H,1-5,8H2,(H,21,25). The summed E-state index contributed by atoms with van der Waals surface area (Å²) in [5, 5.41) is 10.9. The first-order chi connectivity index (χ1) is 12.5. The maximum Gasteiger partial charge on any atom is 0.222 e. The molecule has 2 fully saturated rings. The predicted molar refractivity (Wildman–Crippen MR) is 84.3 cm³/mol. The van der Waals surface area contributed by atoms with Crippen LogP contribution in [0.5, 0.6) is 0 Å². The highest BCUT2D eigenvalue weighted by atomic mass is 19.2. The average molecular weight is 366 g/mol. The van der Waals surface area contributed by atoms with E-state index >= 15 is 0 Å². The normalized spacial score (nSPS) is 26.1. The Morgan fingerprint density at radius 3 is 2.77 bits per heavy atom. The van der Waals surface area contributed by atoms with Crippen LogP contribution in [0.25, 0.3) is 11.3 Å². The van der Waals surface area contributed by atoms with Crippen molar-refractivity contribution in [2.45, 2.75) is 43.9 Å². The van der Waals surface area contributed by atoms with E-state index in [1.165, 1.54) is 0 Å². The highest BCUT2D eigenvalue weighted by Gasteiger charge is 2.41. The molecule has 1 N–H and O–H groups in total. The minimum Gasteiger partial charge on any atom is -0.356 e. The fourth-order valence-electron chi connectivity index (χ4n) is 3.62. The predicted octanol–water partition coefficient (Wildman–Crippen LogP) is 2.71. The van der Waals surface area contributed by atoms with E-state index in [1.54, 1.807) is 10.9 Å². The molecule has 2 aromatic rings. The summed E-state index contributed by atoms with van der Waals surface area (Å²) >= 11 is 0. The van der Waals surface area contributed by atoms with Crippen LogP contribution < -0.4 is 5.32 Å². The molecular weight excluding hydrogens is 349 g/mol. The highest BCUT2D eigenvalue weighted by Crippen LogP contribution is 2.36. The quantitative estimate of drug-likeness (QED) is 0.830. The molecule has 1 aromatic heterocycles. The van der Waals surface area contributed by atoms with Crippen molar-refractivity contribution in [3.63, 3.8) is 0 Å². The molecule has 26 heavy (non-hydrogen) atoms. The second kappa shape index (κ2) is 6.39. The number of aromatic nitrogens is 3. The van der Waals surface area contributed by atoms with Crippen molar-refractivity contribution in [3.05, 3.63) is 35.8 Å². The van der Waals surface area contributed by atoms with E-state index in [1.807, 2.05) is 0 Å². The molecule has 9 heteroatoms. The number of carbonyl (C=O) groups is 1. The Labute approximate surface area is 147 Å². The third-order valence-corrected chi connectivity index (χ3v) is 4.91. The lowest BCUT2D eigenvalue weighted by atomic mass is 9.90. The Bertz CT molecular complexity index is 829. The summed E-state index contributed by atoms with van der Waals surface area (Å²) in [5.41, 5.74) is -0.338. The second-order valence-corrected chi connectivity index (χ2v) is 6.73. The molecule has 0 radical (unpaired) electrons. The lowest BCUT2D eigenvalue weighted by Crippen LogP contribution is -2.56. The van der Waals surface area contributed by atoms with E-state index in [0.717, 1.165) is 25.0 Å². The van der Waals surface area contributed by atoms with Gasteiger partial charge in [-0.3, -0.25) is 4.79 Å². The van der Waals surface area contributed by atoms with Gasteiger partial charge in [-0.05, 0) is 31.4 Å². The first-order valence-electron chi connectivity index (χ1n) is 8.47. The topological polar surface area (TPSA) is 69.0 Å². The van der Waals surface area contributed by atoms with Crippen LogP contribution in [-0.4, -0.2) is 33.2 Å². The highest BCUT2D eigenvalue weighted by molar-refractivity contribution is 5.77. The van der Waals surface area contributed by atoms with E-state index < -0.39 is 23.2 Å². The van der Waals surface area contributed by atoms with Crippen molar-refractivity contribution >= 4 is 5.91 Å². The van der Waals surface area contributed by atoms with Crippen molar-refractivity contribution < 1.29 is 22.7 Å². The Kier molecular flexibility index (Phi) is 4.18. The molecule has 1 aromatic carbocycles. The molecule has 6 nitrogen and oxygen atoms in total. The van der Waals surface area contributed by atoms with Gasteiger partial charge >= 0.3 is 0 Å². The third-order valence-electron chi connectivity index (χ3n) is 4.91. The Hall–Kier alpha value is -2.42. The molecule has 1 amide bonds. The van der Waals surface area contributed by atoms with Crippen LogP contribution in [-0.2, 0) is 9.53 Å². The number of amides is 1. The summed E-state index contributed by atoms with van der Waals surface area (Å²) in [4.78, 5) is 11.7. The molecule has 1 spiro atoms. The van der Waals surface area contributed by atoms with Gasteiger partial charge in [0, 0.05) is 18.4 Å². The number of carbonyl (C=O) groups excluding carboxylic acids is 1. The van der Waals surface area contributed by atoms with Crippen LogP contribution in [0.2, 0.25) is 0 Å². The SMILES string of the molecule is O=C1CCCC2(CC(n3cc(-c4cc(F)c(F)c(F)c4)nn3)CCO2)N1. The number of hydrogen-bond acceptors (Lipinski definition) is 4. The summed E-state index contributed by atoms with van der Waals surface area (Å²) < 4.78 is 47.4. The van der Waals surface area contributed by atoms with Crippen LogP contribution in [0.4, 0.5) is 13.2 Å². The van der Waals surface area contributed by atoms with Gasteiger partial charge in [-0.2, -0.15) is 0 Å². The molecule has 2 aliphatic rings. The maximum absolute atomic E-state index is 13.4. The van der Waals surface area contributed by atoms with Crippen molar-refractivity contribution in [1.29, 1.82) is 0 Å². The van der Waals surface area contributed by atoms with Crippen LogP contribution in [0.15, 0.2) is 18.3 Å². The van der Waals surface area contributed by atoms with Crippen LogP contribution in [0.3, 0.4) is 0 Å². The minimum absolute atomic E-state index is 0.0339. The van der Waals surface area contributed by atoms with E-state index in [-0.39, 0.29) is 23.2 Å². The zero-order valence-corrected chi connectivity index (χ0v) is 13.8. The zero-order valence-electron chi connectivity index (χ0n) is 13.8. The molecule has 2 aliphatic heterocycles. The first-order valence-corrected chi connectivity index (χ1v) is 8.47. The summed E-state index contributed by atoms with van der Waals surface area (Å²) in [7, 11) is 0. The van der Waals surface area contributed by atoms with Gasteiger partial charge in [-0.25, -0.2) is 17.9 Å². The molecule has 2 saturated heterocycles. The van der Waals surface area contributed by atoms with Crippen LogP contribution in [0, 0.1) is 17.5 Å². The Morgan fingerprint density at radius 2 is 2.04 bits per heavy atom. The van der Waals surface area contributed by atoms with E-state index in [4.69, 9.17) is 4.74 Å². The van der Waals surface area contributed by atoms with Gasteiger partial charge in [0.2, 0.25) is 5.91 Å². The molecule has 0 bridgehead atoms. The van der Waals surface area contributed by atoms with E-state index in [0.29, 0.717) is 25.9 Å². The van der Waals surface area contributed by atoms with Crippen molar-refractivity contribution in [3.8, 4) is 11.3 Å². The average Bonchev–Trinajstić information content (AvgIpc) is 3.09. The van der Waals surface area contributed by atoms with Gasteiger partial charge in [0.15, 0.2) is 17.5 Å². The van der Waals surface area contributed by atoms with Gasteiger partial charge in [0.25, 0.3) is 0 Å². The molecule has 138 valence electrons. The lowest BCUT2D eigenvalue weighted by Gasteiger charge is -2.43. The largest absolute Gasteiger partial charge is 0.356 e. The third kappa shape index (κ3) is 3.07. The Morgan fingerprint density at radius 1 is 1.27 bits per heavy atom. The second-order valence-electron chi connectivity index (χ2n) is 6.73. The van der Waals surface area contributed by atoms with Gasteiger partial charge < -0.3 is 10.1 Å². The van der Waals surface area contributed by atoms with Gasteiger partial charge in [-0.15, -0.1) is 5.10 Å². The molecule has 2 unspecified atom stereocenters. The Balaban J connectivity index is 1.57. The number of rotatable bonds is 2. The number of nitrogens with zero attached hydrogens (tertiary/aromatic N) is 3. The molecule has 4 rings (SSSR count). The van der Waals surface area contributed by atoms with Crippen LogP contribution >= 0.6 is 0 Å². The maximum atomic E-state index is 13.4. The molecule has 2 atom stereocenters. The smallest absolute Gasteiger partial charge is 0.222 e. The van der Waals surface area contributed by atoms with Crippen molar-refractivity contribution in [2.75, 3.05) is 6.61 Å². The number of piperidine rings is 1. The monoisotopic (exact) mass is 366 g/mol. The first kappa shape index (κ1) is 17.0. The summed E-state index contributed by atoms with van der Waals surface area (Å²) in [5.74, 6) is -4.09. The molecular formula is C17H17F3N4O2. The molecule has 0 saturated carbocycles. The summed E-state index contributed by atoms with van der Waals surface area (Å²) in [6.45, 7) is 0.458. The van der Waals surface area contributed by atoms with E-state index in [2.05, 4.69) is 15.6 Å². The fourth-order valence-corrected chi connectivity index (χ4v) is 3.62. The van der Waals surface area contributed by atoms with Gasteiger partial charge in [0.05, 0.1) is 18.8 Å². The number of hydrogen-bond donors (Lipinski definition) is 1.